The Labute approximate surface area is 107 Å². The van der Waals surface area contributed by atoms with Crippen molar-refractivity contribution in [1.29, 1.82) is 0 Å². The first-order valence-electron chi connectivity index (χ1n) is 4.59. The highest BCUT2D eigenvalue weighted by atomic mass is 31.3. The van der Waals surface area contributed by atoms with Gasteiger partial charge in [0.05, 0.1) is 7.11 Å². The minimum Gasteiger partial charge on any atom is -0.493 e. The Bertz CT molecular complexity index is 563. The van der Waals surface area contributed by atoms with Crippen molar-refractivity contribution in [3.05, 3.63) is 23.8 Å². The van der Waals surface area contributed by atoms with Crippen LogP contribution < -0.4 is 9.26 Å². The van der Waals surface area contributed by atoms with E-state index in [-0.39, 0.29) is 17.1 Å². The lowest BCUT2D eigenvalue weighted by molar-refractivity contribution is 0.112. The molecule has 0 aliphatic heterocycles. The molecule has 3 N–H and O–H groups in total. The average molecular weight is 312 g/mol. The van der Waals surface area contributed by atoms with Gasteiger partial charge in [0.1, 0.15) is 6.29 Å². The third-order valence-electron chi connectivity index (χ3n) is 1.75. The fraction of sp³-hybridized carbons (Fsp3) is 0.125. The molecule has 19 heavy (non-hydrogen) atoms. The number of phosphoric acid groups is 2. The summed E-state index contributed by atoms with van der Waals surface area (Å²) in [5.74, 6) is -0.388. The molecule has 11 heteroatoms. The molecule has 1 aromatic rings. The van der Waals surface area contributed by atoms with E-state index in [0.717, 1.165) is 6.07 Å². The van der Waals surface area contributed by atoms with Crippen molar-refractivity contribution in [3.8, 4) is 11.5 Å². The molecule has 0 bridgehead atoms. The van der Waals surface area contributed by atoms with Crippen LogP contribution in [-0.4, -0.2) is 28.1 Å². The van der Waals surface area contributed by atoms with Gasteiger partial charge >= 0.3 is 15.6 Å². The van der Waals surface area contributed by atoms with Crippen molar-refractivity contribution in [2.75, 3.05) is 7.11 Å². The Morgan fingerprint density at radius 2 is 1.79 bits per heavy atom. The number of hydrogen-bond acceptors (Lipinski definition) is 6. The molecule has 0 heterocycles. The second-order valence-corrected chi connectivity index (χ2v) is 5.91. The number of carbonyl (C=O) groups excluding carboxylic acids is 1. The van der Waals surface area contributed by atoms with Crippen LogP contribution >= 0.6 is 15.6 Å². The number of hydrogen-bond donors (Lipinski definition) is 3. The van der Waals surface area contributed by atoms with Crippen LogP contribution in [0.3, 0.4) is 0 Å². The first-order chi connectivity index (χ1) is 8.67. The van der Waals surface area contributed by atoms with Gasteiger partial charge in [-0.1, -0.05) is 0 Å². The van der Waals surface area contributed by atoms with E-state index in [1.54, 1.807) is 0 Å². The molecule has 106 valence electrons. The highest BCUT2D eigenvalue weighted by molar-refractivity contribution is 7.60. The molecule has 0 saturated carbocycles. The minimum absolute atomic E-state index is 0.0758. The van der Waals surface area contributed by atoms with Crippen LogP contribution in [0, 0.1) is 0 Å². The molecule has 9 nitrogen and oxygen atoms in total. The largest absolute Gasteiger partial charge is 0.536 e. The van der Waals surface area contributed by atoms with Gasteiger partial charge in [0.25, 0.3) is 0 Å². The predicted molar refractivity (Wildman–Crippen MR) is 62.0 cm³/mol. The van der Waals surface area contributed by atoms with Crippen molar-refractivity contribution in [2.24, 2.45) is 0 Å². The summed E-state index contributed by atoms with van der Waals surface area (Å²) in [4.78, 5) is 36.6. The Kier molecular flexibility index (Phi) is 4.86. The third kappa shape index (κ3) is 5.12. The molecule has 0 amide bonds. The summed E-state index contributed by atoms with van der Waals surface area (Å²) in [6.45, 7) is 0. The second-order valence-electron chi connectivity index (χ2n) is 3.16. The van der Waals surface area contributed by atoms with E-state index >= 15 is 0 Å². The van der Waals surface area contributed by atoms with Gasteiger partial charge in [0, 0.05) is 5.56 Å². The van der Waals surface area contributed by atoms with E-state index in [2.05, 4.69) is 8.83 Å². The predicted octanol–water partition coefficient (Wildman–Crippen LogP) is 1.10. The van der Waals surface area contributed by atoms with Crippen LogP contribution in [0.4, 0.5) is 0 Å². The van der Waals surface area contributed by atoms with E-state index in [0.29, 0.717) is 6.29 Å². The molecule has 1 aromatic carbocycles. The standard InChI is InChI=1S/C8H10O9P2/c1-15-8-4-6(5-9)2-3-7(8)16-19(13,14)17-18(10,11)12/h2-5H,1H3,(H,13,14)(H2,10,11,12). The lowest BCUT2D eigenvalue weighted by atomic mass is 10.2. The lowest BCUT2D eigenvalue weighted by Gasteiger charge is -2.15. The zero-order chi connectivity index (χ0) is 14.7. The minimum atomic E-state index is -5.20. The second kappa shape index (κ2) is 5.83. The normalized spacial score (nSPS) is 14.5. The highest BCUT2D eigenvalue weighted by Gasteiger charge is 2.34. The fourth-order valence-electron chi connectivity index (χ4n) is 1.11. The molecule has 0 aliphatic carbocycles. The quantitative estimate of drug-likeness (QED) is 0.520. The molecular formula is C8H10O9P2. The van der Waals surface area contributed by atoms with E-state index < -0.39 is 15.6 Å². The topological polar surface area (TPSA) is 140 Å². The molecule has 0 aliphatic rings. The van der Waals surface area contributed by atoms with E-state index in [9.17, 15) is 13.9 Å². The number of phosphoric ester groups is 1. The maximum absolute atomic E-state index is 11.3. The highest BCUT2D eigenvalue weighted by Crippen LogP contribution is 2.58. The Hall–Kier alpha value is -1.21. The van der Waals surface area contributed by atoms with Crippen LogP contribution in [0.2, 0.25) is 0 Å². The number of carbonyl (C=O) groups is 1. The molecule has 0 radical (unpaired) electrons. The molecule has 0 saturated heterocycles. The van der Waals surface area contributed by atoms with E-state index in [1.807, 2.05) is 0 Å². The van der Waals surface area contributed by atoms with Crippen molar-refractivity contribution in [2.45, 2.75) is 0 Å². The van der Waals surface area contributed by atoms with Crippen LogP contribution in [0.25, 0.3) is 0 Å². The van der Waals surface area contributed by atoms with Gasteiger partial charge in [-0.2, -0.15) is 4.31 Å². The Morgan fingerprint density at radius 1 is 1.16 bits per heavy atom. The zero-order valence-corrected chi connectivity index (χ0v) is 11.3. The van der Waals surface area contributed by atoms with Crippen molar-refractivity contribution in [1.82, 2.24) is 0 Å². The maximum Gasteiger partial charge on any atom is 0.536 e. The zero-order valence-electron chi connectivity index (χ0n) is 9.49. The summed E-state index contributed by atoms with van der Waals surface area (Å²) in [7, 11) is -9.02. The van der Waals surface area contributed by atoms with Gasteiger partial charge in [-0.25, -0.2) is 9.13 Å². The summed E-state index contributed by atoms with van der Waals surface area (Å²) in [6, 6.07) is 3.58. The van der Waals surface area contributed by atoms with E-state index in [1.165, 1.54) is 19.2 Å². The van der Waals surface area contributed by atoms with Crippen LogP contribution in [-0.2, 0) is 13.4 Å². The first kappa shape index (κ1) is 15.8. The van der Waals surface area contributed by atoms with Gasteiger partial charge in [-0.15, -0.1) is 0 Å². The number of rotatable bonds is 6. The van der Waals surface area contributed by atoms with Gasteiger partial charge in [0.2, 0.25) is 0 Å². The average Bonchev–Trinajstić information content (AvgIpc) is 2.25. The maximum atomic E-state index is 11.3. The van der Waals surface area contributed by atoms with Crippen molar-refractivity contribution in [3.63, 3.8) is 0 Å². The Morgan fingerprint density at radius 3 is 2.26 bits per heavy atom. The van der Waals surface area contributed by atoms with Gasteiger partial charge in [-0.05, 0) is 18.2 Å². The van der Waals surface area contributed by atoms with Gasteiger partial charge < -0.3 is 19.0 Å². The Balaban J connectivity index is 3.02. The van der Waals surface area contributed by atoms with Crippen LogP contribution in [0.15, 0.2) is 18.2 Å². The summed E-state index contributed by atoms with van der Waals surface area (Å²) >= 11 is 0. The van der Waals surface area contributed by atoms with Crippen molar-refractivity contribution >= 4 is 21.9 Å². The summed E-state index contributed by atoms with van der Waals surface area (Å²) in [5, 5.41) is 0. The molecule has 1 rings (SSSR count). The SMILES string of the molecule is COc1cc(C=O)ccc1OP(=O)(O)OP(=O)(O)O. The van der Waals surface area contributed by atoms with Gasteiger partial charge in [0.15, 0.2) is 11.5 Å². The molecular weight excluding hydrogens is 302 g/mol. The first-order valence-corrected chi connectivity index (χ1v) is 7.62. The summed E-state index contributed by atoms with van der Waals surface area (Å²) in [6.07, 6.45) is 0.511. The molecule has 0 spiro atoms. The summed E-state index contributed by atoms with van der Waals surface area (Å²) in [5.41, 5.74) is 0.216. The van der Waals surface area contributed by atoms with Crippen LogP contribution in [0.1, 0.15) is 10.4 Å². The number of aldehydes is 1. The lowest BCUT2D eigenvalue weighted by Crippen LogP contribution is -1.98. The number of ether oxygens (including phenoxy) is 1. The molecule has 1 unspecified atom stereocenters. The molecule has 0 fully saturated rings. The number of methoxy groups -OCH3 is 1. The van der Waals surface area contributed by atoms with Gasteiger partial charge in [-0.3, -0.25) is 9.69 Å². The van der Waals surface area contributed by atoms with Crippen LogP contribution in [0.5, 0.6) is 11.5 Å². The third-order valence-corrected chi connectivity index (χ3v) is 3.85. The summed E-state index contributed by atoms with van der Waals surface area (Å²) < 4.78 is 34.7. The monoisotopic (exact) mass is 312 g/mol. The molecule has 1 atom stereocenters. The smallest absolute Gasteiger partial charge is 0.493 e. The van der Waals surface area contributed by atoms with E-state index in [4.69, 9.17) is 19.4 Å². The number of benzene rings is 1. The molecule has 0 aromatic heterocycles. The van der Waals surface area contributed by atoms with Crippen molar-refractivity contribution < 1.29 is 42.2 Å². The fourth-order valence-corrected chi connectivity index (χ4v) is 2.72.